The van der Waals surface area contributed by atoms with Gasteiger partial charge in [0, 0.05) is 21.2 Å². The van der Waals surface area contributed by atoms with Crippen molar-refractivity contribution in [1.82, 2.24) is 0 Å². The van der Waals surface area contributed by atoms with Gasteiger partial charge in [0.25, 0.3) is 0 Å². The Bertz CT molecular complexity index is 2140. The molecule has 0 atom stereocenters. The smallest absolute Gasteiger partial charge is 0.744 e. The van der Waals surface area contributed by atoms with Crippen LogP contribution >= 0.6 is 15.8 Å². The van der Waals surface area contributed by atoms with Gasteiger partial charge in [-0.1, -0.05) is 0 Å². The molecule has 0 unspecified atom stereocenters. The molecule has 57 heavy (non-hydrogen) atoms. The van der Waals surface area contributed by atoms with E-state index in [9.17, 15) is 51.9 Å². The van der Waals surface area contributed by atoms with E-state index in [1.807, 2.05) is 0 Å². The number of benzene rings is 4. The first-order valence-electron chi connectivity index (χ1n) is 14.7. The van der Waals surface area contributed by atoms with E-state index in [1.165, 1.54) is 52.7 Å². The molecule has 0 saturated heterocycles. The average Bonchev–Trinajstić information content (AvgIpc) is 3.09. The Hall–Kier alpha value is 0.580. The van der Waals surface area contributed by atoms with Crippen molar-refractivity contribution in [2.24, 2.45) is 0 Å². The molecular weight excluding hydrogens is 911 g/mol. The number of methoxy groups -OCH3 is 4. The maximum Gasteiger partial charge on any atom is 1.00 e. The molecule has 0 aliphatic heterocycles. The minimum atomic E-state index is -5.01. The van der Waals surface area contributed by atoms with Gasteiger partial charge in [-0.3, -0.25) is 0 Å². The van der Waals surface area contributed by atoms with E-state index < -0.39 is 75.9 Å². The van der Waals surface area contributed by atoms with Crippen molar-refractivity contribution >= 4 is 77.5 Å². The normalized spacial score (nSPS) is 11.7. The van der Waals surface area contributed by atoms with Crippen LogP contribution in [-0.2, 0) is 40.5 Å². The van der Waals surface area contributed by atoms with Crippen molar-refractivity contribution in [3.05, 3.63) is 72.8 Å². The first-order valence-corrected chi connectivity index (χ1v) is 23.4. The summed E-state index contributed by atoms with van der Waals surface area (Å²) in [6.07, 6.45) is 0.131. The van der Waals surface area contributed by atoms with Gasteiger partial charge in [-0.05, 0) is 107 Å². The fourth-order valence-corrected chi connectivity index (χ4v) is 13.2. The van der Waals surface area contributed by atoms with E-state index in [0.717, 1.165) is 48.5 Å². The zero-order chi connectivity index (χ0) is 39.5. The van der Waals surface area contributed by atoms with Crippen LogP contribution in [0.15, 0.2) is 92.4 Å². The van der Waals surface area contributed by atoms with E-state index in [-0.39, 0.29) is 181 Å². The predicted molar refractivity (Wildman–Crippen MR) is 191 cm³/mol. The van der Waals surface area contributed by atoms with Crippen molar-refractivity contribution in [2.75, 3.05) is 40.8 Å². The van der Waals surface area contributed by atoms with Crippen molar-refractivity contribution < 1.29 is 189 Å². The molecule has 4 aromatic rings. The van der Waals surface area contributed by atoms with Crippen LogP contribution in [0.3, 0.4) is 0 Å². The summed E-state index contributed by atoms with van der Waals surface area (Å²) in [5.74, 6) is 0.419. The van der Waals surface area contributed by atoms with Crippen LogP contribution in [0.1, 0.15) is 6.42 Å². The fourth-order valence-electron chi connectivity index (χ4n) is 5.27. The first kappa shape index (κ1) is 57.6. The molecule has 0 heterocycles. The summed E-state index contributed by atoms with van der Waals surface area (Å²) < 4.78 is 167. The van der Waals surface area contributed by atoms with E-state index in [1.54, 1.807) is 0 Å². The zero-order valence-corrected chi connectivity index (χ0v) is 45.2. The maximum atomic E-state index is 12.1. The van der Waals surface area contributed by atoms with Gasteiger partial charge in [0.1, 0.15) is 63.5 Å². The molecule has 0 aromatic heterocycles. The Morgan fingerprint density at radius 1 is 0.404 bits per heavy atom. The monoisotopic (exact) mass is 940 g/mol. The Balaban J connectivity index is 0.00000784. The van der Waals surface area contributed by atoms with Crippen LogP contribution in [0.5, 0.6) is 23.0 Å². The number of rotatable bonds is 16. The van der Waals surface area contributed by atoms with E-state index in [4.69, 9.17) is 18.9 Å². The first-order chi connectivity index (χ1) is 24.6. The quantitative estimate of drug-likeness (QED) is 0.0574. The Kier molecular flexibility index (Phi) is 24.1. The van der Waals surface area contributed by atoms with Crippen molar-refractivity contribution in [2.45, 2.75) is 26.0 Å². The summed E-state index contributed by atoms with van der Waals surface area (Å²) in [5.41, 5.74) is 0. The molecule has 0 bridgehead atoms. The SMILES string of the molecule is COc1ccc(S(=O)(=O)[O-])cc1P(CCCP(c1cc(S(=O)(=O)[O-])ccc1OC)c1cc(S(=O)(=O)[O-])ccc1OC)c1cc(S(=O)(=O)[O-])ccc1OC.[Na+].[Na+].[Na+].[Na+]. The minimum absolute atomic E-state index is 0. The number of ether oxygens (including phenoxy) is 4. The van der Waals surface area contributed by atoms with E-state index in [0.29, 0.717) is 0 Å². The van der Waals surface area contributed by atoms with Gasteiger partial charge in [-0.25, -0.2) is 33.7 Å². The largest absolute Gasteiger partial charge is 1.00 e. The molecule has 0 N–H and O–H groups in total. The van der Waals surface area contributed by atoms with Gasteiger partial charge < -0.3 is 37.2 Å². The van der Waals surface area contributed by atoms with Crippen molar-refractivity contribution in [3.63, 3.8) is 0 Å². The maximum absolute atomic E-state index is 12.1. The second-order valence-electron chi connectivity index (χ2n) is 10.8. The molecule has 4 aromatic carbocycles. The summed E-state index contributed by atoms with van der Waals surface area (Å²) in [4.78, 5) is -2.52. The van der Waals surface area contributed by atoms with Gasteiger partial charge in [-0.15, -0.1) is 0 Å². The molecule has 4 rings (SSSR count). The molecular formula is C31H30Na4O16P2S4. The summed E-state index contributed by atoms with van der Waals surface area (Å²) in [7, 11) is -18.9. The Morgan fingerprint density at radius 3 is 0.754 bits per heavy atom. The zero-order valence-electron chi connectivity index (χ0n) is 32.1. The number of hydrogen-bond donors (Lipinski definition) is 0. The minimum Gasteiger partial charge on any atom is -0.744 e. The second-order valence-corrected chi connectivity index (χ2v) is 20.9. The van der Waals surface area contributed by atoms with Gasteiger partial charge >= 0.3 is 118 Å². The Morgan fingerprint density at radius 2 is 0.596 bits per heavy atom. The van der Waals surface area contributed by atoms with Crippen LogP contribution in [0.2, 0.25) is 0 Å². The van der Waals surface area contributed by atoms with E-state index in [2.05, 4.69) is 0 Å². The summed E-state index contributed by atoms with van der Waals surface area (Å²) >= 11 is 0. The molecule has 0 aliphatic rings. The van der Waals surface area contributed by atoms with Gasteiger partial charge in [0.2, 0.25) is 0 Å². The molecule has 0 fully saturated rings. The third kappa shape index (κ3) is 14.8. The molecule has 0 saturated carbocycles. The predicted octanol–water partition coefficient (Wildman–Crippen LogP) is -10.7. The van der Waals surface area contributed by atoms with Crippen LogP contribution < -0.4 is 158 Å². The molecule has 16 nitrogen and oxygen atoms in total. The summed E-state index contributed by atoms with van der Waals surface area (Å²) in [5, 5.41) is 0.598. The standard InChI is InChI=1S/C31H34O16P2S4.4Na/c1-44-24-10-6-20(50(32,33)34)16-28(24)48(29-17-21(51(35,36)37)7-11-25(29)45-2)14-5-15-49(30-18-22(52(38,39)40)8-12-26(30)46-3)31-19-23(53(41,42)43)9-13-27(31)47-4;;;;/h6-13,16-19H,5,14-15H2,1-4H3,(H,32,33,34)(H,35,36,37)(H,38,39,40)(H,41,42,43);;;;/q;4*+1/p-4. The van der Waals surface area contributed by atoms with Crippen molar-refractivity contribution in [1.29, 1.82) is 0 Å². The molecule has 0 radical (unpaired) electrons. The third-order valence-corrected chi connectivity index (χ3v) is 16.3. The van der Waals surface area contributed by atoms with Crippen molar-refractivity contribution in [3.8, 4) is 23.0 Å². The van der Waals surface area contributed by atoms with Gasteiger partial charge in [-0.2, -0.15) is 0 Å². The summed E-state index contributed by atoms with van der Waals surface area (Å²) in [6, 6.07) is 13.4. The van der Waals surface area contributed by atoms with Gasteiger partial charge in [0.15, 0.2) is 0 Å². The van der Waals surface area contributed by atoms with Gasteiger partial charge in [0.05, 0.1) is 48.0 Å². The van der Waals surface area contributed by atoms with Crippen LogP contribution in [0.25, 0.3) is 0 Å². The molecule has 26 heteroatoms. The summed E-state index contributed by atoms with van der Waals surface area (Å²) in [6.45, 7) is 0. The number of hydrogen-bond acceptors (Lipinski definition) is 16. The molecule has 0 spiro atoms. The molecule has 0 aliphatic carbocycles. The average molecular weight is 941 g/mol. The van der Waals surface area contributed by atoms with Crippen LogP contribution in [0, 0.1) is 0 Å². The molecule has 0 amide bonds. The third-order valence-electron chi connectivity index (χ3n) is 7.68. The van der Waals surface area contributed by atoms with E-state index >= 15 is 0 Å². The van der Waals surface area contributed by atoms with Crippen LogP contribution in [-0.4, -0.2) is 92.6 Å². The fraction of sp³-hybridized carbons (Fsp3) is 0.226. The Labute approximate surface area is 423 Å². The van der Waals surface area contributed by atoms with Crippen LogP contribution in [0.4, 0.5) is 0 Å². The second kappa shape index (κ2) is 23.9. The topological polar surface area (TPSA) is 266 Å². The molecule has 288 valence electrons.